The summed E-state index contributed by atoms with van der Waals surface area (Å²) in [6.07, 6.45) is -4.61. The number of ether oxygens (including phenoxy) is 1. The van der Waals surface area contributed by atoms with Gasteiger partial charge >= 0.3 is 12.1 Å². The fraction of sp³-hybridized carbons (Fsp3) is 0.308. The second kappa shape index (κ2) is 13.2. The molecule has 10 nitrogen and oxygen atoms in total. The van der Waals surface area contributed by atoms with E-state index in [-0.39, 0.29) is 30.2 Å². The SMILES string of the molecule is Cn1c([C@@H]2C[C@@H](OCc3ccccc3)CN2)nc(C(=O)NCc2ccc(F)cc2)c(O)c1=O.O=C(O)C(F)(F)F. The summed E-state index contributed by atoms with van der Waals surface area (Å²) in [7, 11) is 1.50. The van der Waals surface area contributed by atoms with Crippen molar-refractivity contribution >= 4 is 11.9 Å². The normalized spacial score (nSPS) is 16.6. The number of hydrogen-bond donors (Lipinski definition) is 4. The van der Waals surface area contributed by atoms with Gasteiger partial charge in [-0.25, -0.2) is 14.2 Å². The van der Waals surface area contributed by atoms with E-state index in [0.717, 1.165) is 5.56 Å². The zero-order valence-corrected chi connectivity index (χ0v) is 21.1. The van der Waals surface area contributed by atoms with Crippen LogP contribution in [0.1, 0.15) is 39.9 Å². The maximum Gasteiger partial charge on any atom is 0.490 e. The van der Waals surface area contributed by atoms with E-state index < -0.39 is 29.4 Å². The van der Waals surface area contributed by atoms with Crippen LogP contribution in [0.2, 0.25) is 0 Å². The van der Waals surface area contributed by atoms with Crippen molar-refractivity contribution in [2.75, 3.05) is 6.54 Å². The van der Waals surface area contributed by atoms with Crippen molar-refractivity contribution in [2.45, 2.75) is 37.9 Å². The molecule has 0 radical (unpaired) electrons. The van der Waals surface area contributed by atoms with Gasteiger partial charge in [-0.3, -0.25) is 14.2 Å². The molecule has 1 aliphatic heterocycles. The maximum absolute atomic E-state index is 13.1. The Morgan fingerprint density at radius 3 is 2.35 bits per heavy atom. The Morgan fingerprint density at radius 2 is 1.75 bits per heavy atom. The number of rotatable bonds is 7. The quantitative estimate of drug-likeness (QED) is 0.320. The van der Waals surface area contributed by atoms with E-state index >= 15 is 0 Å². The van der Waals surface area contributed by atoms with Crippen LogP contribution in [0.15, 0.2) is 59.4 Å². The number of carboxylic acids is 1. The predicted molar refractivity (Wildman–Crippen MR) is 133 cm³/mol. The van der Waals surface area contributed by atoms with Crippen LogP contribution in [0.25, 0.3) is 0 Å². The molecule has 4 N–H and O–H groups in total. The number of amides is 1. The highest BCUT2D eigenvalue weighted by atomic mass is 19.4. The second-order valence-corrected chi connectivity index (χ2v) is 8.76. The number of carbonyl (C=O) groups excluding carboxylic acids is 1. The lowest BCUT2D eigenvalue weighted by Gasteiger charge is -2.16. The first-order chi connectivity index (χ1) is 18.9. The predicted octanol–water partition coefficient (Wildman–Crippen LogP) is 2.81. The Labute approximate surface area is 225 Å². The molecule has 0 saturated carbocycles. The molecule has 2 atom stereocenters. The fourth-order valence-electron chi connectivity index (χ4n) is 3.76. The van der Waals surface area contributed by atoms with Gasteiger partial charge in [0.2, 0.25) is 5.75 Å². The second-order valence-electron chi connectivity index (χ2n) is 8.76. The van der Waals surface area contributed by atoms with E-state index in [0.29, 0.717) is 31.0 Å². The van der Waals surface area contributed by atoms with E-state index in [2.05, 4.69) is 15.6 Å². The van der Waals surface area contributed by atoms with E-state index in [1.165, 1.54) is 35.9 Å². The average molecular weight is 567 g/mol. The highest BCUT2D eigenvalue weighted by Crippen LogP contribution is 2.25. The topological polar surface area (TPSA) is 143 Å². The van der Waals surface area contributed by atoms with Gasteiger partial charge in [0.1, 0.15) is 11.6 Å². The zero-order chi connectivity index (χ0) is 29.4. The number of hydrogen-bond acceptors (Lipinski definition) is 7. The average Bonchev–Trinajstić information content (AvgIpc) is 3.39. The van der Waals surface area contributed by atoms with Gasteiger partial charge in [-0.2, -0.15) is 13.2 Å². The van der Waals surface area contributed by atoms with Crippen LogP contribution >= 0.6 is 0 Å². The first kappa shape index (κ1) is 30.2. The highest BCUT2D eigenvalue weighted by molar-refractivity contribution is 5.94. The summed E-state index contributed by atoms with van der Waals surface area (Å²) in [5.74, 6) is -4.20. The molecular formula is C26H26F4N4O6. The van der Waals surface area contributed by atoms with Crippen LogP contribution < -0.4 is 16.2 Å². The largest absolute Gasteiger partial charge is 0.501 e. The van der Waals surface area contributed by atoms with E-state index in [1.807, 2.05) is 30.3 Å². The van der Waals surface area contributed by atoms with Crippen molar-refractivity contribution in [3.63, 3.8) is 0 Å². The van der Waals surface area contributed by atoms with Crippen LogP contribution in [0, 0.1) is 5.82 Å². The van der Waals surface area contributed by atoms with Crippen LogP contribution in [0.5, 0.6) is 5.75 Å². The van der Waals surface area contributed by atoms with E-state index in [9.17, 15) is 32.3 Å². The van der Waals surface area contributed by atoms with Crippen molar-refractivity contribution in [3.8, 4) is 5.75 Å². The van der Waals surface area contributed by atoms with Crippen molar-refractivity contribution in [1.29, 1.82) is 0 Å². The summed E-state index contributed by atoms with van der Waals surface area (Å²) >= 11 is 0. The molecule has 1 saturated heterocycles. The Morgan fingerprint density at radius 1 is 1.12 bits per heavy atom. The number of nitrogens with one attached hydrogen (secondary N) is 2. The molecule has 0 bridgehead atoms. The van der Waals surface area contributed by atoms with Crippen molar-refractivity contribution in [3.05, 3.63) is 93.4 Å². The van der Waals surface area contributed by atoms with Gasteiger partial charge in [-0.05, 0) is 29.7 Å². The summed E-state index contributed by atoms with van der Waals surface area (Å²) < 4.78 is 52.0. The molecule has 14 heteroatoms. The minimum absolute atomic E-state index is 0.0864. The standard InChI is InChI=1S/C24H25FN4O4.C2HF3O2/c1-29-22(19-11-18(13-26-19)33-14-16-5-3-2-4-6-16)28-20(21(30)24(29)32)23(31)27-12-15-7-9-17(25)10-8-15;3-2(4,5)1(6)7/h2-10,18-19,26,30H,11-14H2,1H3,(H,27,31);(H,6,7)/t18-,19+;/m1./s1. The van der Waals surface area contributed by atoms with Gasteiger partial charge < -0.3 is 25.6 Å². The number of alkyl halides is 3. The lowest BCUT2D eigenvalue weighted by atomic mass is 10.1. The van der Waals surface area contributed by atoms with Crippen molar-refractivity contribution in [1.82, 2.24) is 20.2 Å². The number of aromatic hydroxyl groups is 1. The highest BCUT2D eigenvalue weighted by Gasteiger charge is 2.38. The zero-order valence-electron chi connectivity index (χ0n) is 21.1. The molecule has 1 aromatic heterocycles. The third-order valence-corrected chi connectivity index (χ3v) is 5.86. The monoisotopic (exact) mass is 566 g/mol. The number of carboxylic acid groups (broad SMARTS) is 1. The molecule has 0 aliphatic carbocycles. The number of carbonyl (C=O) groups is 2. The van der Waals surface area contributed by atoms with Gasteiger partial charge in [-0.15, -0.1) is 0 Å². The van der Waals surface area contributed by atoms with Crippen LogP contribution in [0.3, 0.4) is 0 Å². The summed E-state index contributed by atoms with van der Waals surface area (Å²) in [6, 6.07) is 15.2. The smallest absolute Gasteiger partial charge is 0.490 e. The molecule has 40 heavy (non-hydrogen) atoms. The van der Waals surface area contributed by atoms with Crippen molar-refractivity contribution in [2.24, 2.45) is 7.05 Å². The van der Waals surface area contributed by atoms with Crippen LogP contribution in [0.4, 0.5) is 17.6 Å². The third kappa shape index (κ3) is 8.10. The van der Waals surface area contributed by atoms with E-state index in [1.54, 1.807) is 0 Å². The van der Waals surface area contributed by atoms with Crippen LogP contribution in [-0.2, 0) is 29.7 Å². The molecule has 2 aromatic carbocycles. The number of aromatic nitrogens is 2. The van der Waals surface area contributed by atoms with Gasteiger partial charge in [0.25, 0.3) is 11.5 Å². The van der Waals surface area contributed by atoms with Gasteiger partial charge in [0.15, 0.2) is 5.69 Å². The Bertz CT molecular complexity index is 1380. The molecule has 3 aromatic rings. The van der Waals surface area contributed by atoms with Crippen molar-refractivity contribution < 1.29 is 42.1 Å². The molecule has 4 rings (SSSR count). The van der Waals surface area contributed by atoms with Gasteiger partial charge in [0.05, 0.1) is 18.8 Å². The first-order valence-corrected chi connectivity index (χ1v) is 11.9. The summed E-state index contributed by atoms with van der Waals surface area (Å²) in [5, 5.41) is 23.3. The van der Waals surface area contributed by atoms with Gasteiger partial charge in [-0.1, -0.05) is 42.5 Å². The number of benzene rings is 2. The Balaban J connectivity index is 0.000000559. The molecule has 1 aliphatic rings. The molecule has 0 spiro atoms. The van der Waals surface area contributed by atoms with Crippen LogP contribution in [-0.4, -0.2) is 50.5 Å². The summed E-state index contributed by atoms with van der Waals surface area (Å²) in [5.41, 5.74) is 0.688. The number of nitrogens with zero attached hydrogens (tertiary/aromatic N) is 2. The minimum atomic E-state index is -5.08. The lowest BCUT2D eigenvalue weighted by molar-refractivity contribution is -0.192. The third-order valence-electron chi connectivity index (χ3n) is 5.86. The lowest BCUT2D eigenvalue weighted by Crippen LogP contribution is -2.32. The Kier molecular flexibility index (Phi) is 9.96. The van der Waals surface area contributed by atoms with Gasteiger partial charge in [0, 0.05) is 20.1 Å². The number of aliphatic carboxylic acids is 1. The number of halogens is 4. The fourth-order valence-corrected chi connectivity index (χ4v) is 3.76. The molecule has 1 amide bonds. The Hall–Kier alpha value is -4.30. The molecular weight excluding hydrogens is 540 g/mol. The summed E-state index contributed by atoms with van der Waals surface area (Å²) in [4.78, 5) is 38.4. The molecule has 1 fully saturated rings. The minimum Gasteiger partial charge on any atom is -0.501 e. The molecule has 214 valence electrons. The molecule has 2 heterocycles. The van der Waals surface area contributed by atoms with E-state index in [4.69, 9.17) is 14.6 Å². The maximum atomic E-state index is 13.1. The first-order valence-electron chi connectivity index (χ1n) is 11.9. The molecule has 0 unspecified atom stereocenters. The summed E-state index contributed by atoms with van der Waals surface area (Å²) in [6.45, 7) is 1.14.